The van der Waals surface area contributed by atoms with Crippen LogP contribution in [-0.2, 0) is 4.74 Å². The van der Waals surface area contributed by atoms with Gasteiger partial charge in [0.05, 0.1) is 23.4 Å². The highest BCUT2D eigenvalue weighted by Crippen LogP contribution is 2.27. The van der Waals surface area contributed by atoms with Crippen molar-refractivity contribution in [2.24, 2.45) is 0 Å². The molecule has 0 unspecified atom stereocenters. The summed E-state index contributed by atoms with van der Waals surface area (Å²) in [7, 11) is 3.36. The lowest BCUT2D eigenvalue weighted by Gasteiger charge is -2.32. The molecule has 27 heavy (non-hydrogen) atoms. The summed E-state index contributed by atoms with van der Waals surface area (Å²) in [4.78, 5) is 32.6. The zero-order valence-corrected chi connectivity index (χ0v) is 16.0. The van der Waals surface area contributed by atoms with E-state index in [1.54, 1.807) is 41.4 Å². The Morgan fingerprint density at radius 2 is 1.89 bits per heavy atom. The normalized spacial score (nSPS) is 14.7. The number of carbonyl (C=O) groups excluding carboxylic acids is 2. The molecule has 1 aliphatic heterocycles. The molecule has 1 N–H and O–H groups in total. The van der Waals surface area contributed by atoms with E-state index in [0.717, 1.165) is 13.1 Å². The lowest BCUT2D eigenvalue weighted by Crippen LogP contribution is -2.47. The minimum absolute atomic E-state index is 0.0961. The number of likely N-dealkylation sites (N-methyl/N-ethyl adjacent to an activating group) is 1. The maximum atomic E-state index is 12.7. The van der Waals surface area contributed by atoms with E-state index >= 15 is 0 Å². The smallest absolute Gasteiger partial charge is 0.337 e. The Morgan fingerprint density at radius 3 is 2.59 bits per heavy atom. The van der Waals surface area contributed by atoms with E-state index in [0.29, 0.717) is 40.7 Å². The van der Waals surface area contributed by atoms with Crippen LogP contribution in [0.4, 0.5) is 11.4 Å². The molecule has 142 valence electrons. The highest BCUT2D eigenvalue weighted by Gasteiger charge is 2.21. The summed E-state index contributed by atoms with van der Waals surface area (Å²) in [6, 6.07) is 8.24. The maximum Gasteiger partial charge on any atom is 0.337 e. The number of anilines is 2. The van der Waals surface area contributed by atoms with Gasteiger partial charge in [-0.1, -0.05) is 11.6 Å². The van der Waals surface area contributed by atoms with Gasteiger partial charge in [0.2, 0.25) is 0 Å². The van der Waals surface area contributed by atoms with Crippen LogP contribution in [0.1, 0.15) is 20.8 Å². The SMILES string of the molecule is COC(=O)c1ccc(Cl)c(Nc2ccnc(C(=O)N3CCN(C)CC3)c2)c1. The number of hydrogen-bond donors (Lipinski definition) is 1. The van der Waals surface area contributed by atoms with Crippen LogP contribution in [0.5, 0.6) is 0 Å². The van der Waals surface area contributed by atoms with Crippen molar-refractivity contribution < 1.29 is 14.3 Å². The number of aromatic nitrogens is 1. The van der Waals surface area contributed by atoms with Crippen molar-refractivity contribution in [2.45, 2.75) is 0 Å². The van der Waals surface area contributed by atoms with E-state index in [-0.39, 0.29) is 5.91 Å². The Bertz CT molecular complexity index is 851. The first kappa shape index (κ1) is 19.1. The molecule has 1 aromatic carbocycles. The number of piperazine rings is 1. The minimum atomic E-state index is -0.449. The van der Waals surface area contributed by atoms with Gasteiger partial charge in [0.25, 0.3) is 5.91 Å². The molecular weight excluding hydrogens is 368 g/mol. The molecule has 0 bridgehead atoms. The number of halogens is 1. The van der Waals surface area contributed by atoms with Gasteiger partial charge in [0.1, 0.15) is 5.69 Å². The van der Waals surface area contributed by atoms with Gasteiger partial charge in [-0.2, -0.15) is 0 Å². The molecule has 1 aromatic heterocycles. The molecule has 3 rings (SSSR count). The Balaban J connectivity index is 1.78. The molecule has 0 aliphatic carbocycles. The third kappa shape index (κ3) is 4.56. The van der Waals surface area contributed by atoms with Crippen LogP contribution in [0.2, 0.25) is 5.02 Å². The van der Waals surface area contributed by atoms with E-state index in [1.807, 2.05) is 7.05 Å². The number of pyridine rings is 1. The molecule has 1 aliphatic rings. The largest absolute Gasteiger partial charge is 0.465 e. The van der Waals surface area contributed by atoms with E-state index in [1.165, 1.54) is 7.11 Å². The number of esters is 1. The molecule has 2 aromatic rings. The molecule has 1 amide bonds. The number of methoxy groups -OCH3 is 1. The Kier molecular flexibility index (Phi) is 5.93. The number of ether oxygens (including phenoxy) is 1. The third-order valence-electron chi connectivity index (χ3n) is 4.44. The predicted molar refractivity (Wildman–Crippen MR) is 104 cm³/mol. The van der Waals surface area contributed by atoms with Crippen LogP contribution in [-0.4, -0.2) is 67.0 Å². The topological polar surface area (TPSA) is 74.8 Å². The van der Waals surface area contributed by atoms with E-state index < -0.39 is 5.97 Å². The number of rotatable bonds is 4. The fourth-order valence-corrected chi connectivity index (χ4v) is 2.98. The van der Waals surface area contributed by atoms with Crippen LogP contribution in [0.25, 0.3) is 0 Å². The summed E-state index contributed by atoms with van der Waals surface area (Å²) in [6.07, 6.45) is 1.57. The molecule has 8 heteroatoms. The zero-order chi connectivity index (χ0) is 19.4. The molecule has 0 radical (unpaired) electrons. The zero-order valence-electron chi connectivity index (χ0n) is 15.2. The van der Waals surface area contributed by atoms with Crippen molar-refractivity contribution in [2.75, 3.05) is 45.7 Å². The molecule has 2 heterocycles. The van der Waals surface area contributed by atoms with Crippen LogP contribution >= 0.6 is 11.6 Å². The highest BCUT2D eigenvalue weighted by atomic mass is 35.5. The highest BCUT2D eigenvalue weighted by molar-refractivity contribution is 6.33. The molecule has 7 nitrogen and oxygen atoms in total. The summed E-state index contributed by atoms with van der Waals surface area (Å²) in [5, 5.41) is 3.59. The molecule has 0 spiro atoms. The van der Waals surface area contributed by atoms with Crippen LogP contribution in [0, 0.1) is 0 Å². The van der Waals surface area contributed by atoms with Crippen molar-refractivity contribution in [1.82, 2.24) is 14.8 Å². The summed E-state index contributed by atoms with van der Waals surface area (Å²) in [5.74, 6) is -0.545. The fourth-order valence-electron chi connectivity index (χ4n) is 2.82. The van der Waals surface area contributed by atoms with Gasteiger partial charge in [-0.05, 0) is 37.4 Å². The molecular formula is C19H21ClN4O3. The van der Waals surface area contributed by atoms with Crippen molar-refractivity contribution in [3.05, 3.63) is 52.8 Å². The summed E-state index contributed by atoms with van der Waals surface area (Å²) >= 11 is 6.22. The average Bonchev–Trinajstić information content (AvgIpc) is 2.69. The first-order chi connectivity index (χ1) is 13.0. The van der Waals surface area contributed by atoms with Gasteiger partial charge >= 0.3 is 5.97 Å². The molecule has 0 atom stereocenters. The first-order valence-corrected chi connectivity index (χ1v) is 8.94. The van der Waals surface area contributed by atoms with Gasteiger partial charge < -0.3 is 19.9 Å². The lowest BCUT2D eigenvalue weighted by molar-refractivity contribution is 0.0600. The number of carbonyl (C=O) groups is 2. The second-order valence-corrected chi connectivity index (χ2v) is 6.74. The Morgan fingerprint density at radius 1 is 1.15 bits per heavy atom. The minimum Gasteiger partial charge on any atom is -0.465 e. The first-order valence-electron chi connectivity index (χ1n) is 8.56. The Labute approximate surface area is 162 Å². The van der Waals surface area contributed by atoms with Crippen molar-refractivity contribution in [3.8, 4) is 0 Å². The van der Waals surface area contributed by atoms with Crippen LogP contribution in [0.3, 0.4) is 0 Å². The van der Waals surface area contributed by atoms with Crippen molar-refractivity contribution in [1.29, 1.82) is 0 Å². The van der Waals surface area contributed by atoms with E-state index in [2.05, 4.69) is 15.2 Å². The summed E-state index contributed by atoms with van der Waals surface area (Å²) in [6.45, 7) is 3.06. The average molecular weight is 389 g/mol. The van der Waals surface area contributed by atoms with Gasteiger partial charge in [-0.25, -0.2) is 4.79 Å². The number of nitrogens with zero attached hydrogens (tertiary/aromatic N) is 3. The Hall–Kier alpha value is -2.64. The maximum absolute atomic E-state index is 12.7. The predicted octanol–water partition coefficient (Wildman–Crippen LogP) is 2.65. The monoisotopic (exact) mass is 388 g/mol. The number of amides is 1. The summed E-state index contributed by atoms with van der Waals surface area (Å²) < 4.78 is 4.73. The molecule has 1 saturated heterocycles. The van der Waals surface area contributed by atoms with Gasteiger partial charge in [0, 0.05) is 38.1 Å². The van der Waals surface area contributed by atoms with Crippen LogP contribution in [0.15, 0.2) is 36.5 Å². The quantitative estimate of drug-likeness (QED) is 0.811. The number of benzene rings is 1. The second-order valence-electron chi connectivity index (χ2n) is 6.34. The van der Waals surface area contributed by atoms with Gasteiger partial charge in [-0.15, -0.1) is 0 Å². The van der Waals surface area contributed by atoms with Gasteiger partial charge in [0.15, 0.2) is 0 Å². The van der Waals surface area contributed by atoms with Crippen molar-refractivity contribution >= 4 is 34.9 Å². The molecule has 0 saturated carbocycles. The van der Waals surface area contributed by atoms with Gasteiger partial charge in [-0.3, -0.25) is 9.78 Å². The van der Waals surface area contributed by atoms with Crippen LogP contribution < -0.4 is 5.32 Å². The summed E-state index contributed by atoms with van der Waals surface area (Å²) in [5.41, 5.74) is 1.95. The lowest BCUT2D eigenvalue weighted by atomic mass is 10.2. The standard InChI is InChI=1S/C19H21ClN4O3/c1-23-7-9-24(10-8-23)18(25)17-12-14(5-6-21-17)22-16-11-13(19(26)27-2)3-4-15(16)20/h3-6,11-12H,7-10H2,1-2H3,(H,21,22). The fraction of sp³-hybridized carbons (Fsp3) is 0.316. The van der Waals surface area contributed by atoms with Crippen molar-refractivity contribution in [3.63, 3.8) is 0 Å². The molecule has 1 fully saturated rings. The third-order valence-corrected chi connectivity index (χ3v) is 4.77. The number of hydrogen-bond acceptors (Lipinski definition) is 6. The number of nitrogens with one attached hydrogen (secondary N) is 1. The second kappa shape index (κ2) is 8.37. The van der Waals surface area contributed by atoms with E-state index in [4.69, 9.17) is 16.3 Å². The van der Waals surface area contributed by atoms with E-state index in [9.17, 15) is 9.59 Å².